The lowest BCUT2D eigenvalue weighted by Gasteiger charge is -2.46. The van der Waals surface area contributed by atoms with Crippen LogP contribution in [0.5, 0.6) is 11.5 Å². The lowest BCUT2D eigenvalue weighted by atomic mass is 9.93. The van der Waals surface area contributed by atoms with Crippen LogP contribution in [0.3, 0.4) is 0 Å². The molecule has 1 N–H and O–H groups in total. The topological polar surface area (TPSA) is 75.0 Å². The van der Waals surface area contributed by atoms with Crippen LogP contribution >= 0.6 is 11.6 Å². The maximum Gasteiger partial charge on any atom is 0.278 e. The zero-order chi connectivity index (χ0) is 24.7. The summed E-state index contributed by atoms with van der Waals surface area (Å²) < 4.78 is 7.77. The number of pyridine rings is 1. The van der Waals surface area contributed by atoms with Crippen molar-refractivity contribution in [2.24, 2.45) is 0 Å². The number of aromatic nitrogens is 1. The molecule has 0 spiro atoms. The highest BCUT2D eigenvalue weighted by Gasteiger charge is 2.39. The number of fused-ring (bicyclic) bond motifs is 5. The van der Waals surface area contributed by atoms with E-state index in [9.17, 15) is 14.7 Å². The number of carbonyl (C=O) groups is 1. The summed E-state index contributed by atoms with van der Waals surface area (Å²) in [7, 11) is 0. The lowest BCUT2D eigenvalue weighted by molar-refractivity contribution is 0.0626. The quantitative estimate of drug-likeness (QED) is 0.538. The first-order valence-electron chi connectivity index (χ1n) is 11.6. The fraction of sp³-hybridized carbons (Fsp3) is 0.259. The number of rotatable bonds is 2. The van der Waals surface area contributed by atoms with Crippen LogP contribution in [0.15, 0.2) is 71.7 Å². The molecule has 0 saturated carbocycles. The molecule has 35 heavy (non-hydrogen) atoms. The van der Waals surface area contributed by atoms with Crippen LogP contribution in [-0.4, -0.2) is 39.9 Å². The Morgan fingerprint density at radius 3 is 2.63 bits per heavy atom. The first-order valence-corrected chi connectivity index (χ1v) is 12.0. The number of carbonyl (C=O) groups excluding carboxylic acids is 1. The predicted octanol–water partition coefficient (Wildman–Crippen LogP) is 4.38. The smallest absolute Gasteiger partial charge is 0.278 e. The van der Waals surface area contributed by atoms with Gasteiger partial charge in [0, 0.05) is 17.8 Å². The van der Waals surface area contributed by atoms with Crippen molar-refractivity contribution in [3.05, 3.63) is 105 Å². The Hall–Kier alpha value is -3.71. The van der Waals surface area contributed by atoms with Crippen LogP contribution in [0, 0.1) is 6.92 Å². The molecule has 5 rings (SSSR count). The average Bonchev–Trinajstić information content (AvgIpc) is 2.87. The molecule has 1 aromatic heterocycles. The third kappa shape index (κ3) is 3.86. The third-order valence-corrected chi connectivity index (χ3v) is 6.96. The summed E-state index contributed by atoms with van der Waals surface area (Å²) in [6, 6.07) is 14.2. The average molecular weight is 492 g/mol. The number of hydrogen-bond acceptors (Lipinski definition) is 5. The van der Waals surface area contributed by atoms with E-state index in [0.29, 0.717) is 17.2 Å². The summed E-state index contributed by atoms with van der Waals surface area (Å²) >= 11 is 6.63. The van der Waals surface area contributed by atoms with Gasteiger partial charge < -0.3 is 14.7 Å². The standard InChI is InChI=1S/C27H26ClN3O4/c1-3-18-9-7-15-35-26-20(11-6-12-21(26)28)23(19-10-5-4-8-17(19)2)31-16-29(18)27(34)24-25(33)22(32)13-14-30(24)31/h4-14,18,23,33H,3,15-16H2,1-2H3/b9-7+/t18-,23+/m1/s1. The van der Waals surface area contributed by atoms with Crippen LogP contribution in [0.2, 0.25) is 5.02 Å². The number of ether oxygens (including phenoxy) is 1. The van der Waals surface area contributed by atoms with E-state index in [0.717, 1.165) is 16.7 Å². The van der Waals surface area contributed by atoms with Gasteiger partial charge in [-0.3, -0.25) is 19.3 Å². The van der Waals surface area contributed by atoms with Crippen molar-refractivity contribution < 1.29 is 14.6 Å². The summed E-state index contributed by atoms with van der Waals surface area (Å²) in [5, 5.41) is 13.2. The number of halogens is 1. The van der Waals surface area contributed by atoms with Gasteiger partial charge in [-0.15, -0.1) is 0 Å². The molecule has 0 fully saturated rings. The molecule has 180 valence electrons. The predicted molar refractivity (Wildman–Crippen MR) is 135 cm³/mol. The fourth-order valence-electron chi connectivity index (χ4n) is 4.90. The van der Waals surface area contributed by atoms with E-state index < -0.39 is 23.1 Å². The highest BCUT2D eigenvalue weighted by atomic mass is 35.5. The Morgan fingerprint density at radius 2 is 1.86 bits per heavy atom. The van der Waals surface area contributed by atoms with Gasteiger partial charge >= 0.3 is 0 Å². The second-order valence-electron chi connectivity index (χ2n) is 8.71. The molecule has 0 saturated heterocycles. The maximum atomic E-state index is 13.6. The summed E-state index contributed by atoms with van der Waals surface area (Å²) in [6.07, 6.45) is 5.99. The zero-order valence-electron chi connectivity index (χ0n) is 19.5. The molecule has 2 aromatic carbocycles. The van der Waals surface area contributed by atoms with Crippen molar-refractivity contribution in [2.45, 2.75) is 32.4 Å². The van der Waals surface area contributed by atoms with E-state index in [4.69, 9.17) is 16.3 Å². The Bertz CT molecular complexity index is 1380. The van der Waals surface area contributed by atoms with E-state index in [1.165, 1.54) is 6.07 Å². The zero-order valence-corrected chi connectivity index (χ0v) is 20.3. The lowest BCUT2D eigenvalue weighted by Crippen LogP contribution is -2.57. The van der Waals surface area contributed by atoms with Crippen LogP contribution in [0.4, 0.5) is 0 Å². The minimum absolute atomic E-state index is 0.0575. The van der Waals surface area contributed by atoms with Crippen LogP contribution in [0.1, 0.15) is 46.6 Å². The Balaban J connectivity index is 1.86. The summed E-state index contributed by atoms with van der Waals surface area (Å²) in [5.74, 6) is -0.410. The van der Waals surface area contributed by atoms with E-state index in [2.05, 4.69) is 0 Å². The van der Waals surface area contributed by atoms with Crippen molar-refractivity contribution in [1.82, 2.24) is 9.58 Å². The van der Waals surface area contributed by atoms with Gasteiger partial charge in [0.15, 0.2) is 11.4 Å². The highest BCUT2D eigenvalue weighted by molar-refractivity contribution is 6.32. The molecule has 3 heterocycles. The monoisotopic (exact) mass is 491 g/mol. The van der Waals surface area contributed by atoms with E-state index >= 15 is 0 Å². The third-order valence-electron chi connectivity index (χ3n) is 6.67. The number of aryl methyl sites for hydroxylation is 1. The normalized spacial score (nSPS) is 20.4. The molecule has 0 unspecified atom stereocenters. The molecule has 0 aliphatic carbocycles. The first-order chi connectivity index (χ1) is 16.9. The van der Waals surface area contributed by atoms with Crippen molar-refractivity contribution in [2.75, 3.05) is 18.3 Å². The number of nitrogens with zero attached hydrogens (tertiary/aromatic N) is 3. The van der Waals surface area contributed by atoms with Gasteiger partial charge in [0.1, 0.15) is 25.1 Å². The number of hydrogen-bond donors (Lipinski definition) is 1. The minimum Gasteiger partial charge on any atom is -0.502 e. The van der Waals surface area contributed by atoms with Gasteiger partial charge in [0.2, 0.25) is 5.43 Å². The van der Waals surface area contributed by atoms with E-state index in [1.54, 1.807) is 21.8 Å². The molecule has 2 aliphatic rings. The van der Waals surface area contributed by atoms with Crippen LogP contribution in [0.25, 0.3) is 0 Å². The van der Waals surface area contributed by atoms with Gasteiger partial charge in [-0.25, -0.2) is 0 Å². The highest BCUT2D eigenvalue weighted by Crippen LogP contribution is 2.41. The summed E-state index contributed by atoms with van der Waals surface area (Å²) in [5.41, 5.74) is 2.18. The van der Waals surface area contributed by atoms with Crippen LogP contribution < -0.4 is 15.2 Å². The number of benzene rings is 2. The SMILES string of the molecule is CC[C@@H]1/C=C/COc2c(Cl)cccc2[C@H](c2ccccc2C)N2CN1C(=O)c1c(O)c(=O)ccn12. The van der Waals surface area contributed by atoms with E-state index in [-0.39, 0.29) is 25.0 Å². The molecule has 7 nitrogen and oxygen atoms in total. The van der Waals surface area contributed by atoms with E-state index in [1.807, 2.05) is 67.4 Å². The molecule has 1 amide bonds. The van der Waals surface area contributed by atoms with Crippen molar-refractivity contribution in [3.8, 4) is 11.5 Å². The van der Waals surface area contributed by atoms with Gasteiger partial charge in [0.25, 0.3) is 5.91 Å². The largest absolute Gasteiger partial charge is 0.502 e. The van der Waals surface area contributed by atoms with Crippen molar-refractivity contribution in [1.29, 1.82) is 0 Å². The summed E-state index contributed by atoms with van der Waals surface area (Å²) in [4.78, 5) is 27.7. The van der Waals surface area contributed by atoms with Gasteiger partial charge in [-0.1, -0.05) is 61.0 Å². The second kappa shape index (κ2) is 9.15. The molecule has 2 bridgehead atoms. The number of para-hydroxylation sites is 1. The van der Waals surface area contributed by atoms with Crippen molar-refractivity contribution >= 4 is 17.5 Å². The van der Waals surface area contributed by atoms with Gasteiger partial charge in [-0.2, -0.15) is 0 Å². The maximum absolute atomic E-state index is 13.6. The van der Waals surface area contributed by atoms with Crippen molar-refractivity contribution in [3.63, 3.8) is 0 Å². The number of aromatic hydroxyl groups is 1. The molecule has 2 aliphatic heterocycles. The summed E-state index contributed by atoms with van der Waals surface area (Å²) in [6.45, 7) is 4.52. The second-order valence-corrected chi connectivity index (χ2v) is 9.12. The molecular weight excluding hydrogens is 466 g/mol. The first kappa shape index (κ1) is 23.1. The Kier molecular flexibility index (Phi) is 6.03. The Labute approximate surface area is 208 Å². The molecule has 0 radical (unpaired) electrons. The number of amides is 1. The molecule has 8 heteroatoms. The van der Waals surface area contributed by atoms with Gasteiger partial charge in [-0.05, 0) is 36.6 Å². The Morgan fingerprint density at radius 1 is 1.09 bits per heavy atom. The van der Waals surface area contributed by atoms with Crippen LogP contribution in [-0.2, 0) is 0 Å². The molecule has 2 atom stereocenters. The van der Waals surface area contributed by atoms with Gasteiger partial charge in [0.05, 0.1) is 11.1 Å². The molecular formula is C27H26ClN3O4. The minimum atomic E-state index is -0.599. The molecule has 3 aromatic rings. The fourth-order valence-corrected chi connectivity index (χ4v) is 5.13.